The fourth-order valence-electron chi connectivity index (χ4n) is 2.90. The molecule has 0 spiro atoms. The molecular weight excluding hydrogens is 328 g/mol. The van der Waals surface area contributed by atoms with E-state index >= 15 is 0 Å². The lowest BCUT2D eigenvalue weighted by atomic mass is 9.99. The van der Waals surface area contributed by atoms with E-state index in [4.69, 9.17) is 9.47 Å². The van der Waals surface area contributed by atoms with Crippen LogP contribution in [0.25, 0.3) is 0 Å². The van der Waals surface area contributed by atoms with Crippen LogP contribution >= 0.6 is 0 Å². The monoisotopic (exact) mass is 362 g/mol. The first-order chi connectivity index (χ1) is 12.0. The van der Waals surface area contributed by atoms with E-state index in [1.165, 1.54) is 38.5 Å². The molecule has 1 heterocycles. The summed E-state index contributed by atoms with van der Waals surface area (Å²) in [6.07, 6.45) is 3.53. The van der Waals surface area contributed by atoms with Gasteiger partial charge in [-0.15, -0.1) is 0 Å². The van der Waals surface area contributed by atoms with Crippen molar-refractivity contribution in [3.8, 4) is 0 Å². The molecule has 7 nitrogen and oxygen atoms in total. The lowest BCUT2D eigenvalue weighted by molar-refractivity contribution is -0.287. The van der Waals surface area contributed by atoms with Gasteiger partial charge in [-0.25, -0.2) is 0 Å². The number of hydrogen-bond donors (Lipinski definition) is 4. The Labute approximate surface area is 150 Å². The minimum absolute atomic E-state index is 0.266. The Morgan fingerprint density at radius 3 is 2.00 bits per heavy atom. The smallest absolute Gasteiger partial charge is 0.305 e. The van der Waals surface area contributed by atoms with E-state index in [-0.39, 0.29) is 6.61 Å². The highest BCUT2D eigenvalue weighted by Crippen LogP contribution is 2.20. The van der Waals surface area contributed by atoms with E-state index in [1.807, 2.05) is 0 Å². The second kappa shape index (κ2) is 12.6. The summed E-state index contributed by atoms with van der Waals surface area (Å²) in [5, 5.41) is 38.1. The number of hydrogen-bond acceptors (Lipinski definition) is 7. The van der Waals surface area contributed by atoms with Gasteiger partial charge < -0.3 is 29.9 Å². The molecule has 0 aromatic heterocycles. The zero-order chi connectivity index (χ0) is 18.7. The van der Waals surface area contributed by atoms with Crippen LogP contribution in [0.4, 0.5) is 0 Å². The molecule has 148 valence electrons. The van der Waals surface area contributed by atoms with Gasteiger partial charge >= 0.3 is 5.97 Å². The van der Waals surface area contributed by atoms with E-state index in [0.29, 0.717) is 6.42 Å². The predicted molar refractivity (Wildman–Crippen MR) is 91.7 cm³/mol. The van der Waals surface area contributed by atoms with Crippen molar-refractivity contribution in [1.82, 2.24) is 0 Å². The topological polar surface area (TPSA) is 116 Å². The second-order valence-corrected chi connectivity index (χ2v) is 6.80. The van der Waals surface area contributed by atoms with Crippen molar-refractivity contribution in [2.45, 2.75) is 102 Å². The van der Waals surface area contributed by atoms with E-state index in [9.17, 15) is 25.2 Å². The number of aliphatic hydroxyl groups is 4. The molecule has 25 heavy (non-hydrogen) atoms. The molecule has 0 amide bonds. The fraction of sp³-hybridized carbons (Fsp3) is 0.944. The number of rotatable bonds is 12. The first kappa shape index (κ1) is 22.3. The quantitative estimate of drug-likeness (QED) is 0.305. The maximum atomic E-state index is 11.7. The summed E-state index contributed by atoms with van der Waals surface area (Å²) < 4.78 is 9.98. The second-order valence-electron chi connectivity index (χ2n) is 6.80. The van der Waals surface area contributed by atoms with Crippen LogP contribution in [0, 0.1) is 0 Å². The van der Waals surface area contributed by atoms with Gasteiger partial charge in [-0.1, -0.05) is 58.3 Å². The number of ether oxygens (including phenoxy) is 2. The Morgan fingerprint density at radius 2 is 1.40 bits per heavy atom. The zero-order valence-electron chi connectivity index (χ0n) is 15.2. The zero-order valence-corrected chi connectivity index (χ0v) is 15.2. The Balaban J connectivity index is 2.05. The van der Waals surface area contributed by atoms with Gasteiger partial charge in [0.25, 0.3) is 0 Å². The summed E-state index contributed by atoms with van der Waals surface area (Å²) in [7, 11) is 0. The molecule has 0 aromatic carbocycles. The Kier molecular flexibility index (Phi) is 11.2. The van der Waals surface area contributed by atoms with Crippen molar-refractivity contribution in [2.75, 3.05) is 6.61 Å². The van der Waals surface area contributed by atoms with Crippen LogP contribution in [0.15, 0.2) is 0 Å². The molecule has 7 heteroatoms. The third-order valence-electron chi connectivity index (χ3n) is 4.58. The fourth-order valence-corrected chi connectivity index (χ4v) is 2.90. The maximum Gasteiger partial charge on any atom is 0.305 e. The number of aliphatic hydroxyl groups excluding tert-OH is 4. The van der Waals surface area contributed by atoms with Gasteiger partial charge in [-0.05, 0) is 6.42 Å². The molecule has 0 radical (unpaired) electrons. The van der Waals surface area contributed by atoms with Crippen molar-refractivity contribution >= 4 is 5.97 Å². The lowest BCUT2D eigenvalue weighted by Crippen LogP contribution is -2.58. The summed E-state index contributed by atoms with van der Waals surface area (Å²) in [6, 6.07) is 0. The summed E-state index contributed by atoms with van der Waals surface area (Å²) in [4.78, 5) is 11.7. The van der Waals surface area contributed by atoms with Gasteiger partial charge in [-0.3, -0.25) is 4.79 Å². The van der Waals surface area contributed by atoms with E-state index in [1.54, 1.807) is 0 Å². The summed E-state index contributed by atoms with van der Waals surface area (Å²) in [5.74, 6) is -0.395. The summed E-state index contributed by atoms with van der Waals surface area (Å²) in [5.41, 5.74) is 0. The third-order valence-corrected chi connectivity index (χ3v) is 4.58. The SMILES string of the molecule is CCCCCCCCCCCC(=O)OC[C@H]1O[C@@H](O)[C@H](O)[C@@H](O)[C@H]1O. The molecule has 1 aliphatic rings. The molecule has 0 aromatic rings. The molecule has 1 saturated heterocycles. The van der Waals surface area contributed by atoms with E-state index in [0.717, 1.165) is 19.3 Å². The normalized spacial score (nSPS) is 29.6. The highest BCUT2D eigenvalue weighted by Gasteiger charge is 2.43. The van der Waals surface area contributed by atoms with Crippen LogP contribution in [0.5, 0.6) is 0 Å². The van der Waals surface area contributed by atoms with Gasteiger partial charge in [0.15, 0.2) is 6.29 Å². The van der Waals surface area contributed by atoms with Crippen LogP contribution in [-0.2, 0) is 14.3 Å². The van der Waals surface area contributed by atoms with Crippen LogP contribution in [0.1, 0.15) is 71.1 Å². The summed E-state index contributed by atoms with van der Waals surface area (Å²) >= 11 is 0. The standard InChI is InChI=1S/C18H34O7/c1-2-3-4-5-6-7-8-9-10-11-14(19)24-12-13-15(20)16(21)17(22)18(23)25-13/h13,15-18,20-23H,2-12H2,1H3/t13-,15+,16+,17-,18-/m1/s1. The number of carbonyl (C=O) groups excluding carboxylic acids is 1. The average molecular weight is 362 g/mol. The molecule has 0 saturated carbocycles. The minimum atomic E-state index is -1.61. The molecular formula is C18H34O7. The van der Waals surface area contributed by atoms with E-state index in [2.05, 4.69) is 6.92 Å². The summed E-state index contributed by atoms with van der Waals surface area (Å²) in [6.45, 7) is 1.94. The first-order valence-corrected chi connectivity index (χ1v) is 9.50. The van der Waals surface area contributed by atoms with Crippen LogP contribution < -0.4 is 0 Å². The van der Waals surface area contributed by atoms with Crippen LogP contribution in [0.3, 0.4) is 0 Å². The molecule has 1 rings (SSSR count). The Bertz CT molecular complexity index is 363. The lowest BCUT2D eigenvalue weighted by Gasteiger charge is -2.37. The molecule has 0 aliphatic carbocycles. The highest BCUT2D eigenvalue weighted by molar-refractivity contribution is 5.69. The van der Waals surface area contributed by atoms with Gasteiger partial charge in [0, 0.05) is 6.42 Å². The first-order valence-electron chi connectivity index (χ1n) is 9.50. The predicted octanol–water partition coefficient (Wildman–Crippen LogP) is 1.25. The molecule has 5 atom stereocenters. The third kappa shape index (κ3) is 8.46. The largest absolute Gasteiger partial charge is 0.463 e. The van der Waals surface area contributed by atoms with Gasteiger partial charge in [0.2, 0.25) is 0 Å². The molecule has 0 unspecified atom stereocenters. The Hall–Kier alpha value is -0.730. The van der Waals surface area contributed by atoms with Gasteiger partial charge in [0.05, 0.1) is 0 Å². The van der Waals surface area contributed by atoms with Crippen molar-refractivity contribution < 1.29 is 34.7 Å². The van der Waals surface area contributed by atoms with Gasteiger partial charge in [-0.2, -0.15) is 0 Å². The number of carbonyl (C=O) groups is 1. The van der Waals surface area contributed by atoms with Crippen LogP contribution in [0.2, 0.25) is 0 Å². The number of unbranched alkanes of at least 4 members (excludes halogenated alkanes) is 8. The molecule has 0 bridgehead atoms. The minimum Gasteiger partial charge on any atom is -0.463 e. The Morgan fingerprint density at radius 1 is 0.840 bits per heavy atom. The molecule has 1 aliphatic heterocycles. The molecule has 1 fully saturated rings. The van der Waals surface area contributed by atoms with Gasteiger partial charge in [0.1, 0.15) is 31.0 Å². The van der Waals surface area contributed by atoms with Crippen LogP contribution in [-0.4, -0.2) is 63.7 Å². The van der Waals surface area contributed by atoms with E-state index < -0.39 is 36.7 Å². The average Bonchev–Trinajstić information content (AvgIpc) is 2.60. The molecule has 4 N–H and O–H groups in total. The van der Waals surface area contributed by atoms with Crippen molar-refractivity contribution in [3.63, 3.8) is 0 Å². The van der Waals surface area contributed by atoms with Crippen molar-refractivity contribution in [2.24, 2.45) is 0 Å². The number of esters is 1. The van der Waals surface area contributed by atoms with Crippen molar-refractivity contribution in [3.05, 3.63) is 0 Å². The highest BCUT2D eigenvalue weighted by atomic mass is 16.6. The maximum absolute atomic E-state index is 11.7. The van der Waals surface area contributed by atoms with Crippen molar-refractivity contribution in [1.29, 1.82) is 0 Å².